The van der Waals surface area contributed by atoms with Crippen LogP contribution in [0.25, 0.3) is 0 Å². The number of anilines is 1. The molecular weight excluding hydrogens is 376 g/mol. The van der Waals surface area contributed by atoms with Gasteiger partial charge in [0.05, 0.1) is 11.7 Å². The summed E-state index contributed by atoms with van der Waals surface area (Å²) in [6, 6.07) is 9.15. The molecule has 0 bridgehead atoms. The fraction of sp³-hybridized carbons (Fsp3) is 0.350. The van der Waals surface area contributed by atoms with E-state index in [1.807, 2.05) is 6.07 Å². The minimum atomic E-state index is -4.84. The molecule has 1 aliphatic heterocycles. The molecule has 4 nitrogen and oxygen atoms in total. The summed E-state index contributed by atoms with van der Waals surface area (Å²) >= 11 is 0. The molecule has 3 rings (SSSR count). The van der Waals surface area contributed by atoms with E-state index in [2.05, 4.69) is 10.2 Å². The molecule has 2 aromatic rings. The number of aliphatic hydroxyl groups excluding tert-OH is 1. The Morgan fingerprint density at radius 2 is 2.00 bits per heavy atom. The lowest BCUT2D eigenvalue weighted by molar-refractivity contribution is -0.139. The Kier molecular flexibility index (Phi) is 6.00. The van der Waals surface area contributed by atoms with Gasteiger partial charge in [0.2, 0.25) is 0 Å². The normalized spacial score (nSPS) is 17.7. The molecule has 1 fully saturated rings. The molecule has 28 heavy (non-hydrogen) atoms. The van der Waals surface area contributed by atoms with E-state index in [-0.39, 0.29) is 11.8 Å². The van der Waals surface area contributed by atoms with Crippen LogP contribution in [0.2, 0.25) is 0 Å². The fourth-order valence-corrected chi connectivity index (χ4v) is 3.19. The SMILES string of the molecule is O=C(Nc1ccc(F)c(C(F)(F)F)c1)c1cccc(CCN2CCC(O)C2)c1. The van der Waals surface area contributed by atoms with Gasteiger partial charge in [-0.15, -0.1) is 0 Å². The molecule has 1 atom stereocenters. The van der Waals surface area contributed by atoms with Gasteiger partial charge in [-0.2, -0.15) is 13.2 Å². The number of benzene rings is 2. The van der Waals surface area contributed by atoms with Gasteiger partial charge in [-0.3, -0.25) is 4.79 Å². The monoisotopic (exact) mass is 396 g/mol. The molecule has 150 valence electrons. The molecule has 0 saturated carbocycles. The van der Waals surface area contributed by atoms with Crippen molar-refractivity contribution in [2.45, 2.75) is 25.1 Å². The molecule has 2 N–H and O–H groups in total. The number of nitrogens with one attached hydrogen (secondary N) is 1. The third-order valence-electron chi connectivity index (χ3n) is 4.68. The van der Waals surface area contributed by atoms with Gasteiger partial charge >= 0.3 is 6.18 Å². The highest BCUT2D eigenvalue weighted by molar-refractivity contribution is 6.04. The zero-order valence-corrected chi connectivity index (χ0v) is 15.0. The molecular formula is C20H20F4N2O2. The number of β-amino-alcohol motifs (C(OH)–C–C–N with tert-alkyl or cyclic N) is 1. The smallest absolute Gasteiger partial charge is 0.392 e. The number of rotatable bonds is 5. The number of hydrogen-bond donors (Lipinski definition) is 2. The summed E-state index contributed by atoms with van der Waals surface area (Å²) in [5.41, 5.74) is -0.344. The maximum atomic E-state index is 13.4. The second-order valence-electron chi connectivity index (χ2n) is 6.84. The number of nitrogens with zero attached hydrogens (tertiary/aromatic N) is 1. The second kappa shape index (κ2) is 8.28. The molecule has 0 radical (unpaired) electrons. The minimum absolute atomic E-state index is 0.129. The second-order valence-corrected chi connectivity index (χ2v) is 6.84. The zero-order chi connectivity index (χ0) is 20.3. The van der Waals surface area contributed by atoms with Crippen molar-refractivity contribution in [2.75, 3.05) is 25.0 Å². The zero-order valence-electron chi connectivity index (χ0n) is 15.0. The summed E-state index contributed by atoms with van der Waals surface area (Å²) in [6.45, 7) is 2.20. The van der Waals surface area contributed by atoms with E-state index in [1.54, 1.807) is 18.2 Å². The molecule has 1 unspecified atom stereocenters. The van der Waals surface area contributed by atoms with E-state index in [0.29, 0.717) is 30.7 Å². The highest BCUT2D eigenvalue weighted by atomic mass is 19.4. The topological polar surface area (TPSA) is 52.6 Å². The summed E-state index contributed by atoms with van der Waals surface area (Å²) in [6.07, 6.45) is -3.70. The molecule has 0 spiro atoms. The van der Waals surface area contributed by atoms with E-state index >= 15 is 0 Å². The number of likely N-dealkylation sites (tertiary alicyclic amines) is 1. The Morgan fingerprint density at radius 1 is 1.21 bits per heavy atom. The van der Waals surface area contributed by atoms with E-state index in [9.17, 15) is 27.5 Å². The van der Waals surface area contributed by atoms with Crippen LogP contribution < -0.4 is 5.32 Å². The molecule has 2 aromatic carbocycles. The van der Waals surface area contributed by atoms with Crippen LogP contribution in [-0.2, 0) is 12.6 Å². The largest absolute Gasteiger partial charge is 0.419 e. The van der Waals surface area contributed by atoms with Gasteiger partial charge < -0.3 is 15.3 Å². The molecule has 1 aliphatic rings. The van der Waals surface area contributed by atoms with Crippen molar-refractivity contribution in [3.63, 3.8) is 0 Å². The number of carbonyl (C=O) groups is 1. The minimum Gasteiger partial charge on any atom is -0.392 e. The number of amides is 1. The van der Waals surface area contributed by atoms with Crippen LogP contribution in [0.5, 0.6) is 0 Å². The highest BCUT2D eigenvalue weighted by Crippen LogP contribution is 2.33. The first-order valence-corrected chi connectivity index (χ1v) is 8.90. The first-order valence-electron chi connectivity index (χ1n) is 8.90. The molecule has 1 saturated heterocycles. The van der Waals surface area contributed by atoms with E-state index < -0.39 is 23.5 Å². The summed E-state index contributed by atoms with van der Waals surface area (Å²) in [4.78, 5) is 14.5. The van der Waals surface area contributed by atoms with Gasteiger partial charge in [-0.05, 0) is 48.7 Å². The highest BCUT2D eigenvalue weighted by Gasteiger charge is 2.34. The van der Waals surface area contributed by atoms with Gasteiger partial charge in [-0.25, -0.2) is 4.39 Å². The average Bonchev–Trinajstić information content (AvgIpc) is 3.06. The molecule has 0 aromatic heterocycles. The van der Waals surface area contributed by atoms with Crippen molar-refractivity contribution < 1.29 is 27.5 Å². The first kappa shape index (κ1) is 20.3. The summed E-state index contributed by atoms with van der Waals surface area (Å²) in [5, 5.41) is 11.9. The Balaban J connectivity index is 1.66. The maximum Gasteiger partial charge on any atom is 0.419 e. The first-order chi connectivity index (χ1) is 13.2. The average molecular weight is 396 g/mol. The lowest BCUT2D eigenvalue weighted by Gasteiger charge is -2.15. The lowest BCUT2D eigenvalue weighted by atomic mass is 10.1. The summed E-state index contributed by atoms with van der Waals surface area (Å²) in [5.74, 6) is -1.96. The third-order valence-corrected chi connectivity index (χ3v) is 4.68. The van der Waals surface area contributed by atoms with Crippen LogP contribution in [0.3, 0.4) is 0 Å². The Bertz CT molecular complexity index is 854. The Hall–Kier alpha value is -2.45. The van der Waals surface area contributed by atoms with Crippen molar-refractivity contribution >= 4 is 11.6 Å². The van der Waals surface area contributed by atoms with Crippen molar-refractivity contribution in [3.05, 3.63) is 65.0 Å². The predicted molar refractivity (Wildman–Crippen MR) is 96.6 cm³/mol. The van der Waals surface area contributed by atoms with Crippen molar-refractivity contribution in [1.29, 1.82) is 0 Å². The van der Waals surface area contributed by atoms with Crippen LogP contribution >= 0.6 is 0 Å². The quantitative estimate of drug-likeness (QED) is 0.758. The third kappa shape index (κ3) is 5.08. The number of halogens is 4. The molecule has 0 aliphatic carbocycles. The summed E-state index contributed by atoms with van der Waals surface area (Å²) < 4.78 is 51.8. The van der Waals surface area contributed by atoms with Gasteiger partial charge in [0.15, 0.2) is 0 Å². The van der Waals surface area contributed by atoms with E-state index in [0.717, 1.165) is 31.1 Å². The predicted octanol–water partition coefficient (Wildman–Crippen LogP) is 3.71. The van der Waals surface area contributed by atoms with Crippen molar-refractivity contribution in [1.82, 2.24) is 4.90 Å². The Morgan fingerprint density at radius 3 is 2.68 bits per heavy atom. The number of hydrogen-bond acceptors (Lipinski definition) is 3. The van der Waals surface area contributed by atoms with Crippen molar-refractivity contribution in [3.8, 4) is 0 Å². The lowest BCUT2D eigenvalue weighted by Crippen LogP contribution is -2.24. The molecule has 1 heterocycles. The van der Waals surface area contributed by atoms with Crippen LogP contribution in [0.15, 0.2) is 42.5 Å². The summed E-state index contributed by atoms with van der Waals surface area (Å²) in [7, 11) is 0. The van der Waals surface area contributed by atoms with Crippen LogP contribution in [0.4, 0.5) is 23.2 Å². The van der Waals surface area contributed by atoms with Crippen molar-refractivity contribution in [2.24, 2.45) is 0 Å². The number of carbonyl (C=O) groups excluding carboxylic acids is 1. The number of alkyl halides is 3. The Labute approximate surface area is 159 Å². The van der Waals surface area contributed by atoms with Crippen LogP contribution in [0, 0.1) is 5.82 Å². The van der Waals surface area contributed by atoms with E-state index in [1.165, 1.54) is 0 Å². The van der Waals surface area contributed by atoms with Gasteiger partial charge in [-0.1, -0.05) is 12.1 Å². The maximum absolute atomic E-state index is 13.4. The van der Waals surface area contributed by atoms with Crippen LogP contribution in [0.1, 0.15) is 27.9 Å². The fourth-order valence-electron chi connectivity index (χ4n) is 3.19. The van der Waals surface area contributed by atoms with Gasteiger partial charge in [0.25, 0.3) is 5.91 Å². The van der Waals surface area contributed by atoms with Crippen LogP contribution in [-0.4, -0.2) is 41.7 Å². The number of aliphatic hydroxyl groups is 1. The van der Waals surface area contributed by atoms with Gasteiger partial charge in [0.1, 0.15) is 5.82 Å². The molecule has 8 heteroatoms. The molecule has 1 amide bonds. The standard InChI is InChI=1S/C20H20F4N2O2/c21-18-5-4-15(11-17(18)20(22,23)24)25-19(28)14-3-1-2-13(10-14)6-8-26-9-7-16(27)12-26/h1-5,10-11,16,27H,6-9,12H2,(H,25,28). The van der Waals surface area contributed by atoms with E-state index in [4.69, 9.17) is 0 Å². The van der Waals surface area contributed by atoms with Gasteiger partial charge in [0, 0.05) is 30.9 Å².